The lowest BCUT2D eigenvalue weighted by atomic mass is 10.1. The number of halogens is 1. The van der Waals surface area contributed by atoms with E-state index in [4.69, 9.17) is 0 Å². The maximum atomic E-state index is 13.4. The lowest BCUT2D eigenvalue weighted by Gasteiger charge is -2.05. The monoisotopic (exact) mass is 247 g/mol. The molecule has 0 aliphatic rings. The molecule has 2 N–H and O–H groups in total. The van der Waals surface area contributed by atoms with Crippen molar-refractivity contribution in [1.82, 2.24) is 10.2 Å². The molecule has 6 heteroatoms. The number of hydrogen-bond acceptors (Lipinski definition) is 3. The number of anilines is 1. The standard InChI is InChI=1S/C12H10FN3O2/c1-7-2-3-9(13)8(6-7)12(18)14-10-4-5-11(17)16-15-10/h2-6H,1H3,(H,16,17)(H,14,15,18). The Kier molecular flexibility index (Phi) is 3.18. The summed E-state index contributed by atoms with van der Waals surface area (Å²) in [6.45, 7) is 1.76. The van der Waals surface area contributed by atoms with Gasteiger partial charge in [-0.2, -0.15) is 5.10 Å². The number of aromatic nitrogens is 2. The molecule has 0 saturated heterocycles. The Hall–Kier alpha value is -2.50. The third kappa shape index (κ3) is 2.60. The van der Waals surface area contributed by atoms with Gasteiger partial charge in [0.15, 0.2) is 5.82 Å². The second-order valence-corrected chi connectivity index (χ2v) is 3.74. The first-order valence-corrected chi connectivity index (χ1v) is 5.19. The van der Waals surface area contributed by atoms with Crippen molar-refractivity contribution in [3.63, 3.8) is 0 Å². The molecule has 0 aliphatic carbocycles. The Morgan fingerprint density at radius 1 is 1.33 bits per heavy atom. The minimum Gasteiger partial charge on any atom is -0.305 e. The second kappa shape index (κ2) is 4.79. The van der Waals surface area contributed by atoms with Gasteiger partial charge in [0.2, 0.25) is 0 Å². The first kappa shape index (κ1) is 12.0. The second-order valence-electron chi connectivity index (χ2n) is 3.74. The molecule has 92 valence electrons. The predicted molar refractivity (Wildman–Crippen MR) is 63.9 cm³/mol. The van der Waals surface area contributed by atoms with Crippen molar-refractivity contribution in [1.29, 1.82) is 0 Å². The fraction of sp³-hybridized carbons (Fsp3) is 0.0833. The molecule has 2 rings (SSSR count). The topological polar surface area (TPSA) is 74.8 Å². The van der Waals surface area contributed by atoms with Gasteiger partial charge in [0.05, 0.1) is 5.56 Å². The molecule has 0 fully saturated rings. The van der Waals surface area contributed by atoms with Crippen LogP contribution in [0.15, 0.2) is 35.1 Å². The minimum absolute atomic E-state index is 0.0667. The summed E-state index contributed by atoms with van der Waals surface area (Å²) in [5, 5.41) is 8.17. The first-order valence-electron chi connectivity index (χ1n) is 5.19. The molecule has 0 unspecified atom stereocenters. The first-order chi connectivity index (χ1) is 8.56. The number of rotatable bonds is 2. The molecule has 1 amide bonds. The third-order valence-electron chi connectivity index (χ3n) is 2.29. The molecular formula is C12H10FN3O2. The highest BCUT2D eigenvalue weighted by Gasteiger charge is 2.12. The van der Waals surface area contributed by atoms with Crippen LogP contribution in [-0.2, 0) is 0 Å². The van der Waals surface area contributed by atoms with E-state index in [1.807, 2.05) is 0 Å². The molecule has 0 atom stereocenters. The summed E-state index contributed by atoms with van der Waals surface area (Å²) in [6, 6.07) is 6.80. The lowest BCUT2D eigenvalue weighted by molar-refractivity contribution is 0.102. The summed E-state index contributed by atoms with van der Waals surface area (Å²) in [6.07, 6.45) is 0. The molecule has 1 aromatic carbocycles. The number of amides is 1. The third-order valence-corrected chi connectivity index (χ3v) is 2.29. The normalized spacial score (nSPS) is 10.1. The maximum absolute atomic E-state index is 13.4. The number of hydrogen-bond donors (Lipinski definition) is 2. The molecule has 2 aromatic rings. The van der Waals surface area contributed by atoms with Gasteiger partial charge in [-0.3, -0.25) is 9.59 Å². The summed E-state index contributed by atoms with van der Waals surface area (Å²) < 4.78 is 13.4. The van der Waals surface area contributed by atoms with E-state index in [1.165, 1.54) is 24.3 Å². The smallest absolute Gasteiger partial charge is 0.264 e. The molecule has 1 heterocycles. The van der Waals surface area contributed by atoms with Crippen LogP contribution in [0.5, 0.6) is 0 Å². The number of carbonyl (C=O) groups excluding carboxylic acids is 1. The van der Waals surface area contributed by atoms with Gasteiger partial charge >= 0.3 is 0 Å². The summed E-state index contributed by atoms with van der Waals surface area (Å²) in [5.74, 6) is -1.07. The van der Waals surface area contributed by atoms with Crippen molar-refractivity contribution >= 4 is 11.7 Å². The fourth-order valence-electron chi connectivity index (χ4n) is 1.41. The average molecular weight is 247 g/mol. The summed E-state index contributed by atoms with van der Waals surface area (Å²) in [7, 11) is 0. The largest absolute Gasteiger partial charge is 0.305 e. The van der Waals surface area contributed by atoms with Crippen molar-refractivity contribution in [3.05, 3.63) is 57.6 Å². The number of H-pyrrole nitrogens is 1. The van der Waals surface area contributed by atoms with E-state index in [-0.39, 0.29) is 16.9 Å². The zero-order valence-electron chi connectivity index (χ0n) is 9.53. The van der Waals surface area contributed by atoms with Crippen molar-refractivity contribution in [3.8, 4) is 0 Å². The number of aromatic amines is 1. The Balaban J connectivity index is 2.24. The number of carbonyl (C=O) groups is 1. The highest BCUT2D eigenvalue weighted by molar-refractivity contribution is 6.04. The zero-order valence-corrected chi connectivity index (χ0v) is 9.53. The van der Waals surface area contributed by atoms with Crippen LogP contribution in [0, 0.1) is 12.7 Å². The van der Waals surface area contributed by atoms with Gasteiger partial charge in [-0.1, -0.05) is 11.6 Å². The quantitative estimate of drug-likeness (QED) is 0.843. The van der Waals surface area contributed by atoms with Crippen LogP contribution in [0.25, 0.3) is 0 Å². The molecule has 0 bridgehead atoms. The molecule has 0 spiro atoms. The van der Waals surface area contributed by atoms with E-state index in [2.05, 4.69) is 15.5 Å². The summed E-state index contributed by atoms with van der Waals surface area (Å²) in [4.78, 5) is 22.6. The average Bonchev–Trinajstić information content (AvgIpc) is 2.35. The Bertz CT molecular complexity index is 632. The molecule has 0 radical (unpaired) electrons. The molecule has 5 nitrogen and oxygen atoms in total. The SMILES string of the molecule is Cc1ccc(F)c(C(=O)Nc2ccc(=O)[nH]n2)c1. The van der Waals surface area contributed by atoms with Gasteiger partial charge in [-0.05, 0) is 25.1 Å². The van der Waals surface area contributed by atoms with Crippen molar-refractivity contribution in [2.45, 2.75) is 6.92 Å². The Labute approximate surface area is 102 Å². The van der Waals surface area contributed by atoms with Crippen LogP contribution < -0.4 is 10.9 Å². The van der Waals surface area contributed by atoms with E-state index >= 15 is 0 Å². The molecule has 0 saturated carbocycles. The van der Waals surface area contributed by atoms with Crippen molar-refractivity contribution < 1.29 is 9.18 Å². The highest BCUT2D eigenvalue weighted by Crippen LogP contribution is 2.11. The van der Waals surface area contributed by atoms with E-state index in [0.29, 0.717) is 0 Å². The molecule has 0 aliphatic heterocycles. The number of benzene rings is 1. The van der Waals surface area contributed by atoms with E-state index in [9.17, 15) is 14.0 Å². The highest BCUT2D eigenvalue weighted by atomic mass is 19.1. The van der Waals surface area contributed by atoms with Crippen LogP contribution in [0.1, 0.15) is 15.9 Å². The van der Waals surface area contributed by atoms with Gasteiger partial charge in [0.25, 0.3) is 11.5 Å². The maximum Gasteiger partial charge on any atom is 0.264 e. The van der Waals surface area contributed by atoms with Gasteiger partial charge in [-0.15, -0.1) is 0 Å². The van der Waals surface area contributed by atoms with E-state index in [0.717, 1.165) is 5.56 Å². The predicted octanol–water partition coefficient (Wildman–Crippen LogP) is 1.47. The Morgan fingerprint density at radius 2 is 2.11 bits per heavy atom. The van der Waals surface area contributed by atoms with Crippen LogP contribution in [0.2, 0.25) is 0 Å². The van der Waals surface area contributed by atoms with Crippen molar-refractivity contribution in [2.75, 3.05) is 5.32 Å². The fourth-order valence-corrected chi connectivity index (χ4v) is 1.41. The molecule has 18 heavy (non-hydrogen) atoms. The summed E-state index contributed by atoms with van der Waals surface area (Å²) in [5.41, 5.74) is 0.328. The van der Waals surface area contributed by atoms with Gasteiger partial charge < -0.3 is 5.32 Å². The van der Waals surface area contributed by atoms with Gasteiger partial charge in [-0.25, -0.2) is 9.49 Å². The van der Waals surface area contributed by atoms with Crippen LogP contribution >= 0.6 is 0 Å². The van der Waals surface area contributed by atoms with Crippen LogP contribution in [0.4, 0.5) is 10.2 Å². The minimum atomic E-state index is -0.615. The number of nitrogens with one attached hydrogen (secondary N) is 2. The lowest BCUT2D eigenvalue weighted by Crippen LogP contribution is -2.17. The molecule has 1 aromatic heterocycles. The summed E-state index contributed by atoms with van der Waals surface area (Å²) >= 11 is 0. The Morgan fingerprint density at radius 3 is 2.78 bits per heavy atom. The van der Waals surface area contributed by atoms with Gasteiger partial charge in [0, 0.05) is 6.07 Å². The number of nitrogens with zero attached hydrogens (tertiary/aromatic N) is 1. The zero-order chi connectivity index (χ0) is 13.1. The van der Waals surface area contributed by atoms with E-state index < -0.39 is 11.7 Å². The van der Waals surface area contributed by atoms with Crippen LogP contribution in [0.3, 0.4) is 0 Å². The van der Waals surface area contributed by atoms with E-state index in [1.54, 1.807) is 13.0 Å². The molecular weight excluding hydrogens is 237 g/mol. The number of aryl methyl sites for hydroxylation is 1. The van der Waals surface area contributed by atoms with Crippen LogP contribution in [-0.4, -0.2) is 16.1 Å². The van der Waals surface area contributed by atoms with Gasteiger partial charge in [0.1, 0.15) is 5.82 Å². The van der Waals surface area contributed by atoms with Crippen molar-refractivity contribution in [2.24, 2.45) is 0 Å².